The molecule has 1 aliphatic rings. The number of phenolic OH excluding ortho intramolecular Hbond substituents is 1. The fourth-order valence-electron chi connectivity index (χ4n) is 2.37. The van der Waals surface area contributed by atoms with Crippen molar-refractivity contribution in [1.82, 2.24) is 0 Å². The molecular weight excluding hydrogens is 254 g/mol. The van der Waals surface area contributed by atoms with Crippen LogP contribution in [0.15, 0.2) is 54.2 Å². The van der Waals surface area contributed by atoms with Gasteiger partial charge in [-0.15, -0.1) is 0 Å². The van der Waals surface area contributed by atoms with Crippen molar-refractivity contribution in [2.75, 3.05) is 0 Å². The van der Waals surface area contributed by atoms with Gasteiger partial charge in [0.2, 0.25) is 5.88 Å². The van der Waals surface area contributed by atoms with Crippen LogP contribution in [-0.4, -0.2) is 5.11 Å². The number of nitrogens with one attached hydrogen (secondary N) is 1. The number of aromatic nitrogens is 1. The molecule has 1 aliphatic heterocycles. The zero-order valence-corrected chi connectivity index (χ0v) is 10.5. The van der Waals surface area contributed by atoms with Crippen molar-refractivity contribution in [2.45, 2.75) is 5.92 Å². The van der Waals surface area contributed by atoms with E-state index in [1.54, 1.807) is 18.3 Å². The van der Waals surface area contributed by atoms with E-state index in [1.165, 1.54) is 6.07 Å². The van der Waals surface area contributed by atoms with Gasteiger partial charge in [-0.2, -0.15) is 5.26 Å². The maximum Gasteiger partial charge on any atom is 0.205 e. The van der Waals surface area contributed by atoms with Gasteiger partial charge in [-0.05, 0) is 12.1 Å². The Labute approximate surface area is 115 Å². The fourth-order valence-corrected chi connectivity index (χ4v) is 2.37. The first-order chi connectivity index (χ1) is 9.70. The van der Waals surface area contributed by atoms with Crippen LogP contribution in [0.2, 0.25) is 0 Å². The molecule has 0 spiro atoms. The summed E-state index contributed by atoms with van der Waals surface area (Å²) in [4.78, 5) is 3.00. The number of nitrogens with zero attached hydrogens (tertiary/aromatic N) is 1. The van der Waals surface area contributed by atoms with Gasteiger partial charge >= 0.3 is 0 Å². The lowest BCUT2D eigenvalue weighted by molar-refractivity contribution is -0.378. The number of benzene rings is 1. The summed E-state index contributed by atoms with van der Waals surface area (Å²) in [6.45, 7) is 0. The topological polar surface area (TPSA) is 93.4 Å². The molecule has 5 heteroatoms. The highest BCUT2D eigenvalue weighted by Crippen LogP contribution is 2.42. The van der Waals surface area contributed by atoms with E-state index in [4.69, 9.17) is 10.5 Å². The molecule has 5 nitrogen and oxygen atoms in total. The van der Waals surface area contributed by atoms with Gasteiger partial charge in [0.05, 0.1) is 5.92 Å². The van der Waals surface area contributed by atoms with E-state index >= 15 is 0 Å². The van der Waals surface area contributed by atoms with E-state index in [9.17, 15) is 10.4 Å². The highest BCUT2D eigenvalue weighted by atomic mass is 16.5. The molecule has 1 unspecified atom stereocenters. The van der Waals surface area contributed by atoms with Gasteiger partial charge in [0.15, 0.2) is 12.4 Å². The Bertz CT molecular complexity index is 733. The molecule has 1 atom stereocenters. The first-order valence-electron chi connectivity index (χ1n) is 6.07. The van der Waals surface area contributed by atoms with Gasteiger partial charge in [-0.3, -0.25) is 0 Å². The summed E-state index contributed by atoms with van der Waals surface area (Å²) in [5.41, 5.74) is 7.89. The Morgan fingerprint density at radius 1 is 1.35 bits per heavy atom. The van der Waals surface area contributed by atoms with Crippen LogP contribution in [-0.2, 0) is 0 Å². The summed E-state index contributed by atoms with van der Waals surface area (Å²) in [7, 11) is 0. The number of pyridine rings is 1. The van der Waals surface area contributed by atoms with Gasteiger partial charge < -0.3 is 15.6 Å². The zero-order chi connectivity index (χ0) is 14.1. The Kier molecular flexibility index (Phi) is 2.77. The molecule has 1 aromatic carbocycles. The average Bonchev–Trinajstić information content (AvgIpc) is 2.46. The fraction of sp³-hybridized carbons (Fsp3) is 0.0667. The number of hydrogen-bond acceptors (Lipinski definition) is 4. The molecule has 0 bridgehead atoms. The highest BCUT2D eigenvalue weighted by Gasteiger charge is 2.31. The molecule has 20 heavy (non-hydrogen) atoms. The van der Waals surface area contributed by atoms with Crippen molar-refractivity contribution in [1.29, 1.82) is 5.26 Å². The predicted molar refractivity (Wildman–Crippen MR) is 70.4 cm³/mol. The Morgan fingerprint density at radius 2 is 2.20 bits per heavy atom. The van der Waals surface area contributed by atoms with Gasteiger partial charge in [0, 0.05) is 23.3 Å². The summed E-state index contributed by atoms with van der Waals surface area (Å²) in [5.74, 6) is 0.326. The van der Waals surface area contributed by atoms with E-state index in [0.29, 0.717) is 11.3 Å². The highest BCUT2D eigenvalue weighted by molar-refractivity contribution is 5.56. The van der Waals surface area contributed by atoms with E-state index < -0.39 is 0 Å². The molecule has 2 heterocycles. The second-order valence-electron chi connectivity index (χ2n) is 4.48. The van der Waals surface area contributed by atoms with Crippen molar-refractivity contribution in [3.8, 4) is 17.6 Å². The number of rotatable bonds is 1. The van der Waals surface area contributed by atoms with Crippen molar-refractivity contribution in [3.05, 3.63) is 65.3 Å². The third-order valence-electron chi connectivity index (χ3n) is 3.27. The van der Waals surface area contributed by atoms with Gasteiger partial charge in [0.25, 0.3) is 0 Å². The number of hydrogen-bond donors (Lipinski definition) is 2. The standard InChI is InChI=1S/C15H11N3O2/c16-7-12-14(9-2-1-5-18-8-9)11-4-3-10(19)6-13(11)20-15(12)17/h1-6,8,14,19H,17H2/p+1. The second-order valence-corrected chi connectivity index (χ2v) is 4.48. The SMILES string of the molecule is N#CC1=C(N)Oc2cc(O)ccc2C1c1ccc[nH+]c1. The number of fused-ring (bicyclic) bond motifs is 1. The van der Waals surface area contributed by atoms with Crippen molar-refractivity contribution in [2.24, 2.45) is 5.73 Å². The molecule has 0 radical (unpaired) electrons. The maximum absolute atomic E-state index is 9.55. The summed E-state index contributed by atoms with van der Waals surface area (Å²) in [6.07, 6.45) is 3.61. The summed E-state index contributed by atoms with van der Waals surface area (Å²) in [5, 5.41) is 18.9. The van der Waals surface area contributed by atoms with Crippen LogP contribution in [0, 0.1) is 11.3 Å². The molecule has 1 aromatic heterocycles. The van der Waals surface area contributed by atoms with Crippen molar-refractivity contribution >= 4 is 0 Å². The first-order valence-corrected chi connectivity index (χ1v) is 6.07. The van der Waals surface area contributed by atoms with E-state index in [-0.39, 0.29) is 17.6 Å². The third-order valence-corrected chi connectivity index (χ3v) is 3.27. The minimum atomic E-state index is -0.304. The largest absolute Gasteiger partial charge is 0.508 e. The van der Waals surface area contributed by atoms with E-state index in [2.05, 4.69) is 11.1 Å². The summed E-state index contributed by atoms with van der Waals surface area (Å²) < 4.78 is 5.43. The summed E-state index contributed by atoms with van der Waals surface area (Å²) in [6, 6.07) is 10.7. The maximum atomic E-state index is 9.55. The number of nitriles is 1. The van der Waals surface area contributed by atoms with Crippen LogP contribution in [0.3, 0.4) is 0 Å². The van der Waals surface area contributed by atoms with Crippen LogP contribution in [0.25, 0.3) is 0 Å². The van der Waals surface area contributed by atoms with Crippen molar-refractivity contribution < 1.29 is 14.8 Å². The lowest BCUT2D eigenvalue weighted by Gasteiger charge is -2.25. The number of phenols is 1. The molecule has 0 saturated heterocycles. The van der Waals surface area contributed by atoms with Crippen LogP contribution in [0.1, 0.15) is 17.0 Å². The Hall–Kier alpha value is -3.00. The second kappa shape index (κ2) is 4.59. The van der Waals surface area contributed by atoms with E-state index in [1.807, 2.05) is 18.3 Å². The zero-order valence-electron chi connectivity index (χ0n) is 10.5. The summed E-state index contributed by atoms with van der Waals surface area (Å²) >= 11 is 0. The third kappa shape index (κ3) is 1.84. The lowest BCUT2D eigenvalue weighted by atomic mass is 9.84. The number of H-pyrrole nitrogens is 1. The average molecular weight is 266 g/mol. The minimum absolute atomic E-state index is 0.0689. The van der Waals surface area contributed by atoms with E-state index in [0.717, 1.165) is 11.1 Å². The number of aromatic hydroxyl groups is 1. The van der Waals surface area contributed by atoms with Gasteiger partial charge in [-0.1, -0.05) is 6.07 Å². The quantitative estimate of drug-likeness (QED) is 0.816. The molecular formula is C15H12N3O2+. The Morgan fingerprint density at radius 3 is 2.90 bits per heavy atom. The lowest BCUT2D eigenvalue weighted by Crippen LogP contribution is -2.21. The molecule has 0 aliphatic carbocycles. The normalized spacial score (nSPS) is 17.1. The Balaban J connectivity index is 2.23. The smallest absolute Gasteiger partial charge is 0.205 e. The van der Waals surface area contributed by atoms with Crippen LogP contribution < -0.4 is 15.5 Å². The van der Waals surface area contributed by atoms with Crippen LogP contribution in [0.4, 0.5) is 0 Å². The molecule has 98 valence electrons. The molecule has 0 fully saturated rings. The molecule has 0 amide bonds. The molecule has 3 rings (SSSR count). The number of aromatic amines is 1. The minimum Gasteiger partial charge on any atom is -0.508 e. The van der Waals surface area contributed by atoms with Gasteiger partial charge in [0.1, 0.15) is 23.1 Å². The van der Waals surface area contributed by atoms with Gasteiger partial charge in [-0.25, -0.2) is 4.98 Å². The van der Waals surface area contributed by atoms with Crippen LogP contribution in [0.5, 0.6) is 11.5 Å². The monoisotopic (exact) mass is 266 g/mol. The van der Waals surface area contributed by atoms with Crippen LogP contribution >= 0.6 is 0 Å². The molecule has 4 N–H and O–H groups in total. The first kappa shape index (κ1) is 12.1. The molecule has 0 saturated carbocycles. The van der Waals surface area contributed by atoms with Crippen molar-refractivity contribution in [3.63, 3.8) is 0 Å². The predicted octanol–water partition coefficient (Wildman–Crippen LogP) is 1.42. The number of nitrogens with two attached hydrogens (primary N) is 1. The molecule has 2 aromatic rings. The number of ether oxygens (including phenoxy) is 1. The number of allylic oxidation sites excluding steroid dienone is 1.